The number of rotatable bonds is 2. The first-order chi connectivity index (χ1) is 11.0. The fourth-order valence-electron chi connectivity index (χ4n) is 1.66. The van der Waals surface area contributed by atoms with E-state index in [9.17, 15) is 9.59 Å². The molecule has 0 radical (unpaired) electrons. The summed E-state index contributed by atoms with van der Waals surface area (Å²) in [7, 11) is 0. The molecule has 3 N–H and O–H groups in total. The van der Waals surface area contributed by atoms with Crippen molar-refractivity contribution < 1.29 is 9.59 Å². The van der Waals surface area contributed by atoms with Crippen LogP contribution in [0, 0.1) is 0 Å². The van der Waals surface area contributed by atoms with Gasteiger partial charge < -0.3 is 0 Å². The number of thiocarbonyl (C=S) groups is 1. The molecule has 23 heavy (non-hydrogen) atoms. The van der Waals surface area contributed by atoms with Crippen LogP contribution in [-0.4, -0.2) is 16.9 Å². The Morgan fingerprint density at radius 2 is 1.65 bits per heavy atom. The molecule has 0 aromatic heterocycles. The largest absolute Gasteiger partial charge is 0.298 e. The summed E-state index contributed by atoms with van der Waals surface area (Å²) in [5, 5.41) is 3.10. The summed E-state index contributed by atoms with van der Waals surface area (Å²) in [6.07, 6.45) is 0. The van der Waals surface area contributed by atoms with Crippen LogP contribution in [0.15, 0.2) is 48.5 Å². The highest BCUT2D eigenvalue weighted by molar-refractivity contribution is 7.80. The standard InChI is InChI=1S/C15H11Cl2N3O2S/c16-10-5-3-4-9(8-10)13(21)18-15(23)20-19-14(22)11-6-1-2-7-12(11)17/h1-8H,(H,19,22)(H2,18,20,21,23). The van der Waals surface area contributed by atoms with Crippen LogP contribution in [-0.2, 0) is 0 Å². The molecule has 0 fully saturated rings. The summed E-state index contributed by atoms with van der Waals surface area (Å²) in [5.41, 5.74) is 5.41. The number of nitrogens with one attached hydrogen (secondary N) is 3. The molecule has 0 heterocycles. The maximum absolute atomic E-state index is 11.9. The molecule has 8 heteroatoms. The van der Waals surface area contributed by atoms with E-state index >= 15 is 0 Å². The monoisotopic (exact) mass is 367 g/mol. The van der Waals surface area contributed by atoms with E-state index in [4.69, 9.17) is 35.4 Å². The van der Waals surface area contributed by atoms with Gasteiger partial charge in [0.1, 0.15) is 0 Å². The quantitative estimate of drug-likeness (QED) is 0.563. The van der Waals surface area contributed by atoms with Gasteiger partial charge in [0.2, 0.25) is 0 Å². The molecule has 0 spiro atoms. The van der Waals surface area contributed by atoms with Gasteiger partial charge >= 0.3 is 0 Å². The highest BCUT2D eigenvalue weighted by atomic mass is 35.5. The van der Waals surface area contributed by atoms with Gasteiger partial charge in [0, 0.05) is 10.6 Å². The molecule has 5 nitrogen and oxygen atoms in total. The minimum absolute atomic E-state index is 0.0598. The summed E-state index contributed by atoms with van der Waals surface area (Å²) in [4.78, 5) is 23.9. The molecule has 0 bridgehead atoms. The molecule has 2 aromatic carbocycles. The Labute approximate surface area is 147 Å². The molecule has 0 aliphatic carbocycles. The predicted octanol–water partition coefficient (Wildman–Crippen LogP) is 2.94. The molecule has 0 aliphatic rings. The van der Waals surface area contributed by atoms with Crippen LogP contribution in [0.4, 0.5) is 0 Å². The first kappa shape index (κ1) is 17.2. The van der Waals surface area contributed by atoms with Gasteiger partial charge in [-0.1, -0.05) is 41.4 Å². The van der Waals surface area contributed by atoms with Gasteiger partial charge in [0.15, 0.2) is 5.11 Å². The van der Waals surface area contributed by atoms with Gasteiger partial charge in [-0.3, -0.25) is 25.8 Å². The predicted molar refractivity (Wildman–Crippen MR) is 93.6 cm³/mol. The number of carbonyl (C=O) groups is 2. The van der Waals surface area contributed by atoms with E-state index in [2.05, 4.69) is 16.2 Å². The van der Waals surface area contributed by atoms with Crippen LogP contribution < -0.4 is 16.2 Å². The summed E-state index contributed by atoms with van der Waals surface area (Å²) in [6, 6.07) is 12.9. The van der Waals surface area contributed by atoms with Gasteiger partial charge in [0.25, 0.3) is 11.8 Å². The summed E-state index contributed by atoms with van der Waals surface area (Å²) in [5.74, 6) is -0.924. The van der Waals surface area contributed by atoms with Crippen LogP contribution >= 0.6 is 35.4 Å². The van der Waals surface area contributed by atoms with Crippen molar-refractivity contribution in [1.29, 1.82) is 0 Å². The molecule has 2 aromatic rings. The lowest BCUT2D eigenvalue weighted by Crippen LogP contribution is -2.48. The molecular formula is C15H11Cl2N3O2S. The lowest BCUT2D eigenvalue weighted by molar-refractivity contribution is 0.0934. The van der Waals surface area contributed by atoms with Gasteiger partial charge in [0.05, 0.1) is 10.6 Å². The third-order valence-electron chi connectivity index (χ3n) is 2.72. The Morgan fingerprint density at radius 1 is 0.913 bits per heavy atom. The average Bonchev–Trinajstić information content (AvgIpc) is 2.53. The molecule has 0 aliphatic heterocycles. The van der Waals surface area contributed by atoms with Crippen molar-refractivity contribution in [3.63, 3.8) is 0 Å². The number of amides is 2. The smallest absolute Gasteiger partial charge is 0.271 e. The van der Waals surface area contributed by atoms with Crippen molar-refractivity contribution in [3.8, 4) is 0 Å². The molecule has 0 unspecified atom stereocenters. The van der Waals surface area contributed by atoms with Crippen molar-refractivity contribution in [1.82, 2.24) is 16.2 Å². The molecule has 118 valence electrons. The van der Waals surface area contributed by atoms with Crippen LogP contribution in [0.1, 0.15) is 20.7 Å². The van der Waals surface area contributed by atoms with Crippen LogP contribution in [0.2, 0.25) is 10.0 Å². The Kier molecular flexibility index (Phi) is 5.92. The zero-order valence-corrected chi connectivity index (χ0v) is 13.9. The van der Waals surface area contributed by atoms with E-state index in [1.165, 1.54) is 6.07 Å². The lowest BCUT2D eigenvalue weighted by atomic mass is 10.2. The summed E-state index contributed by atoms with van der Waals surface area (Å²) < 4.78 is 0. The van der Waals surface area contributed by atoms with E-state index in [0.717, 1.165) is 0 Å². The van der Waals surface area contributed by atoms with Crippen LogP contribution in [0.5, 0.6) is 0 Å². The van der Waals surface area contributed by atoms with Gasteiger partial charge in [-0.15, -0.1) is 0 Å². The van der Waals surface area contributed by atoms with Crippen molar-refractivity contribution in [2.24, 2.45) is 0 Å². The van der Waals surface area contributed by atoms with E-state index in [1.54, 1.807) is 42.5 Å². The van der Waals surface area contributed by atoms with Gasteiger partial charge in [-0.25, -0.2) is 0 Å². The van der Waals surface area contributed by atoms with Crippen LogP contribution in [0.25, 0.3) is 0 Å². The van der Waals surface area contributed by atoms with Gasteiger partial charge in [-0.05, 0) is 42.5 Å². The molecule has 0 atom stereocenters. The fourth-order valence-corrected chi connectivity index (χ4v) is 2.22. The zero-order chi connectivity index (χ0) is 16.8. The number of hydrazine groups is 1. The van der Waals surface area contributed by atoms with E-state index < -0.39 is 11.8 Å². The summed E-state index contributed by atoms with van der Waals surface area (Å²) >= 11 is 16.7. The number of hydrogen-bond acceptors (Lipinski definition) is 3. The number of halogens is 2. The SMILES string of the molecule is O=C(NC(=S)NNC(=O)c1ccccc1Cl)c1cccc(Cl)c1. The Bertz CT molecular complexity index is 768. The minimum atomic E-state index is -0.477. The maximum atomic E-state index is 11.9. The summed E-state index contributed by atoms with van der Waals surface area (Å²) in [6.45, 7) is 0. The van der Waals surface area contributed by atoms with Crippen molar-refractivity contribution in [3.05, 3.63) is 69.7 Å². The van der Waals surface area contributed by atoms with Crippen molar-refractivity contribution >= 4 is 52.3 Å². The minimum Gasteiger partial charge on any atom is -0.298 e. The third-order valence-corrected chi connectivity index (χ3v) is 3.49. The van der Waals surface area contributed by atoms with E-state index in [0.29, 0.717) is 15.6 Å². The van der Waals surface area contributed by atoms with E-state index in [-0.39, 0.29) is 10.7 Å². The Hall–Kier alpha value is -2.15. The number of hydrogen-bond donors (Lipinski definition) is 3. The number of carbonyl (C=O) groups excluding carboxylic acids is 2. The first-order valence-corrected chi connectivity index (χ1v) is 7.55. The Balaban J connectivity index is 1.89. The highest BCUT2D eigenvalue weighted by Crippen LogP contribution is 2.14. The highest BCUT2D eigenvalue weighted by Gasteiger charge is 2.11. The fraction of sp³-hybridized carbons (Fsp3) is 0. The molecule has 0 saturated carbocycles. The lowest BCUT2D eigenvalue weighted by Gasteiger charge is -2.11. The molecule has 2 rings (SSSR count). The van der Waals surface area contributed by atoms with Crippen LogP contribution in [0.3, 0.4) is 0 Å². The topological polar surface area (TPSA) is 70.2 Å². The second-order valence-corrected chi connectivity index (χ2v) is 5.60. The third kappa shape index (κ3) is 4.92. The van der Waals surface area contributed by atoms with E-state index in [1.807, 2.05) is 0 Å². The zero-order valence-electron chi connectivity index (χ0n) is 11.6. The molecule has 2 amide bonds. The normalized spacial score (nSPS) is 9.83. The second kappa shape index (κ2) is 7.92. The van der Waals surface area contributed by atoms with Crippen molar-refractivity contribution in [2.45, 2.75) is 0 Å². The molecular weight excluding hydrogens is 357 g/mol. The molecule has 0 saturated heterocycles. The maximum Gasteiger partial charge on any atom is 0.271 e. The van der Waals surface area contributed by atoms with Crippen molar-refractivity contribution in [2.75, 3.05) is 0 Å². The average molecular weight is 368 g/mol. The second-order valence-electron chi connectivity index (χ2n) is 4.35. The number of benzene rings is 2. The first-order valence-electron chi connectivity index (χ1n) is 6.39. The Morgan fingerprint density at radius 3 is 2.35 bits per heavy atom. The van der Waals surface area contributed by atoms with Gasteiger partial charge in [-0.2, -0.15) is 0 Å².